The molecular weight excluding hydrogens is 136 g/mol. The minimum atomic E-state index is 0.530. The lowest BCUT2D eigenvalue weighted by Crippen LogP contribution is -2.39. The first-order valence-corrected chi connectivity index (χ1v) is 4.60. The fourth-order valence-corrected chi connectivity index (χ4v) is 1.46. The van der Waals surface area contributed by atoms with Crippen molar-refractivity contribution < 1.29 is 0 Å². The van der Waals surface area contributed by atoms with Crippen LogP contribution in [0.1, 0.15) is 27.7 Å². The van der Waals surface area contributed by atoms with Crippen LogP contribution < -0.4 is 10.6 Å². The van der Waals surface area contributed by atoms with Gasteiger partial charge in [0.15, 0.2) is 0 Å². The van der Waals surface area contributed by atoms with E-state index in [1.807, 2.05) is 0 Å². The quantitative estimate of drug-likeness (QED) is 0.627. The molecule has 0 spiro atoms. The maximum Gasteiger partial charge on any atom is 0.0598 e. The Balaban J connectivity index is 2.35. The Kier molecular flexibility index (Phi) is 2.90. The Morgan fingerprint density at radius 1 is 1.09 bits per heavy atom. The summed E-state index contributed by atoms with van der Waals surface area (Å²) in [6.45, 7) is 10.1. The van der Waals surface area contributed by atoms with E-state index in [-0.39, 0.29) is 0 Å². The monoisotopic (exact) mass is 156 g/mol. The minimum Gasteiger partial charge on any atom is -0.300 e. The minimum absolute atomic E-state index is 0.530. The van der Waals surface area contributed by atoms with Gasteiger partial charge in [-0.05, 0) is 11.8 Å². The van der Waals surface area contributed by atoms with Crippen molar-refractivity contribution in [3.63, 3.8) is 0 Å². The van der Waals surface area contributed by atoms with Gasteiger partial charge in [0, 0.05) is 12.6 Å². The largest absolute Gasteiger partial charge is 0.300 e. The molecule has 1 heterocycles. The van der Waals surface area contributed by atoms with Gasteiger partial charge in [0.2, 0.25) is 0 Å². The van der Waals surface area contributed by atoms with Crippen LogP contribution in [0, 0.1) is 11.8 Å². The molecule has 0 aromatic carbocycles. The van der Waals surface area contributed by atoms with Crippen LogP contribution in [0.3, 0.4) is 0 Å². The molecule has 2 N–H and O–H groups in total. The molecule has 0 amide bonds. The van der Waals surface area contributed by atoms with E-state index in [4.69, 9.17) is 0 Å². The molecule has 11 heavy (non-hydrogen) atoms. The summed E-state index contributed by atoms with van der Waals surface area (Å²) in [4.78, 5) is 0. The molecule has 1 rings (SSSR count). The number of rotatable bonds is 2. The van der Waals surface area contributed by atoms with Gasteiger partial charge in [-0.25, -0.2) is 0 Å². The Morgan fingerprint density at radius 2 is 1.73 bits per heavy atom. The average molecular weight is 156 g/mol. The highest BCUT2D eigenvalue weighted by molar-refractivity contribution is 4.86. The summed E-state index contributed by atoms with van der Waals surface area (Å²) in [5.74, 6) is 1.44. The molecule has 2 heteroatoms. The number of nitrogens with one attached hydrogen (secondary N) is 2. The van der Waals surface area contributed by atoms with Crippen LogP contribution in [0.25, 0.3) is 0 Å². The Hall–Kier alpha value is -0.0800. The van der Waals surface area contributed by atoms with Crippen molar-refractivity contribution in [1.82, 2.24) is 10.6 Å². The van der Waals surface area contributed by atoms with E-state index >= 15 is 0 Å². The van der Waals surface area contributed by atoms with Gasteiger partial charge >= 0.3 is 0 Å². The van der Waals surface area contributed by atoms with E-state index in [1.165, 1.54) is 0 Å². The standard InChI is InChI=1S/C9H20N2/c1-6(2)8-5-10-9(11-8)7(3)4/h6-11H,5H2,1-4H3/t8-,9+/m1/s1. The maximum atomic E-state index is 3.58. The molecule has 0 bridgehead atoms. The molecule has 1 aliphatic rings. The van der Waals surface area contributed by atoms with Crippen molar-refractivity contribution in [2.24, 2.45) is 11.8 Å². The second-order valence-corrected chi connectivity index (χ2v) is 4.15. The predicted molar refractivity (Wildman–Crippen MR) is 48.4 cm³/mol. The van der Waals surface area contributed by atoms with E-state index in [2.05, 4.69) is 38.3 Å². The Morgan fingerprint density at radius 3 is 2.00 bits per heavy atom. The highest BCUT2D eigenvalue weighted by atomic mass is 15.2. The third-order valence-electron chi connectivity index (χ3n) is 2.42. The normalized spacial score (nSPS) is 32.2. The lowest BCUT2D eigenvalue weighted by molar-refractivity contribution is 0.377. The molecule has 1 aliphatic heterocycles. The third-order valence-corrected chi connectivity index (χ3v) is 2.42. The van der Waals surface area contributed by atoms with Gasteiger partial charge in [-0.3, -0.25) is 5.32 Å². The second kappa shape index (κ2) is 3.55. The molecule has 0 unspecified atom stereocenters. The van der Waals surface area contributed by atoms with Crippen LogP contribution in [0.15, 0.2) is 0 Å². The van der Waals surface area contributed by atoms with Crippen LogP contribution in [0.4, 0.5) is 0 Å². The fraction of sp³-hybridized carbons (Fsp3) is 1.00. The van der Waals surface area contributed by atoms with Crippen LogP contribution in [-0.4, -0.2) is 18.8 Å². The van der Waals surface area contributed by atoms with Crippen molar-refractivity contribution in [3.05, 3.63) is 0 Å². The average Bonchev–Trinajstić information content (AvgIpc) is 2.33. The van der Waals surface area contributed by atoms with Gasteiger partial charge in [0.05, 0.1) is 6.17 Å². The highest BCUT2D eigenvalue weighted by Gasteiger charge is 2.26. The molecule has 1 saturated heterocycles. The molecule has 2 nitrogen and oxygen atoms in total. The molecule has 0 saturated carbocycles. The zero-order chi connectivity index (χ0) is 8.43. The predicted octanol–water partition coefficient (Wildman–Crippen LogP) is 1.19. The molecule has 66 valence electrons. The first-order chi connectivity index (χ1) is 5.11. The highest BCUT2D eigenvalue weighted by Crippen LogP contribution is 2.10. The summed E-state index contributed by atoms with van der Waals surface area (Å²) in [5.41, 5.74) is 0. The van der Waals surface area contributed by atoms with Crippen molar-refractivity contribution in [1.29, 1.82) is 0 Å². The summed E-state index contributed by atoms with van der Waals surface area (Å²) in [6, 6.07) is 0.669. The first-order valence-electron chi connectivity index (χ1n) is 4.60. The van der Waals surface area contributed by atoms with Crippen LogP contribution in [0.2, 0.25) is 0 Å². The summed E-state index contributed by atoms with van der Waals surface area (Å²) in [6.07, 6.45) is 0.530. The van der Waals surface area contributed by atoms with Crippen molar-refractivity contribution >= 4 is 0 Å². The number of hydrogen-bond acceptors (Lipinski definition) is 2. The summed E-state index contributed by atoms with van der Waals surface area (Å²) in [5, 5.41) is 7.06. The van der Waals surface area contributed by atoms with E-state index in [9.17, 15) is 0 Å². The van der Waals surface area contributed by atoms with E-state index in [1.54, 1.807) is 0 Å². The van der Waals surface area contributed by atoms with Gasteiger partial charge in [0.25, 0.3) is 0 Å². The Labute approximate surface area is 69.8 Å². The van der Waals surface area contributed by atoms with Crippen molar-refractivity contribution in [3.8, 4) is 0 Å². The first kappa shape index (κ1) is 9.01. The molecule has 0 radical (unpaired) electrons. The van der Waals surface area contributed by atoms with Crippen molar-refractivity contribution in [2.75, 3.05) is 6.54 Å². The lowest BCUT2D eigenvalue weighted by atomic mass is 10.1. The molecule has 0 aliphatic carbocycles. The topological polar surface area (TPSA) is 24.1 Å². The summed E-state index contributed by atoms with van der Waals surface area (Å²) >= 11 is 0. The van der Waals surface area contributed by atoms with Crippen LogP contribution in [0.5, 0.6) is 0 Å². The summed E-state index contributed by atoms with van der Waals surface area (Å²) in [7, 11) is 0. The van der Waals surface area contributed by atoms with Crippen LogP contribution >= 0.6 is 0 Å². The van der Waals surface area contributed by atoms with Crippen LogP contribution in [-0.2, 0) is 0 Å². The lowest BCUT2D eigenvalue weighted by Gasteiger charge is -2.18. The van der Waals surface area contributed by atoms with Gasteiger partial charge in [-0.1, -0.05) is 27.7 Å². The summed E-state index contributed by atoms with van der Waals surface area (Å²) < 4.78 is 0. The molecule has 2 atom stereocenters. The fourth-order valence-electron chi connectivity index (χ4n) is 1.46. The van der Waals surface area contributed by atoms with Gasteiger partial charge in [-0.2, -0.15) is 0 Å². The van der Waals surface area contributed by atoms with E-state index in [0.29, 0.717) is 18.1 Å². The SMILES string of the molecule is CC(C)[C@H]1NC[C@H](C(C)C)N1. The van der Waals surface area contributed by atoms with Gasteiger partial charge < -0.3 is 5.32 Å². The molecular formula is C9H20N2. The van der Waals surface area contributed by atoms with Gasteiger partial charge in [-0.15, -0.1) is 0 Å². The second-order valence-electron chi connectivity index (χ2n) is 4.15. The maximum absolute atomic E-state index is 3.58. The van der Waals surface area contributed by atoms with Gasteiger partial charge in [0.1, 0.15) is 0 Å². The van der Waals surface area contributed by atoms with Crippen molar-refractivity contribution in [2.45, 2.75) is 39.9 Å². The zero-order valence-electron chi connectivity index (χ0n) is 8.02. The van der Waals surface area contributed by atoms with E-state index < -0.39 is 0 Å². The molecule has 1 fully saturated rings. The smallest absolute Gasteiger partial charge is 0.0598 e. The molecule has 0 aromatic heterocycles. The Bertz CT molecular complexity index is 107. The third kappa shape index (κ3) is 2.17. The van der Waals surface area contributed by atoms with E-state index in [0.717, 1.165) is 12.5 Å². The number of hydrogen-bond donors (Lipinski definition) is 2. The zero-order valence-corrected chi connectivity index (χ0v) is 8.02. The molecule has 0 aromatic rings.